The quantitative estimate of drug-likeness (QED) is 0.815. The Morgan fingerprint density at radius 2 is 1.59 bits per heavy atom. The summed E-state index contributed by atoms with van der Waals surface area (Å²) in [5.74, 6) is -1.42. The van der Waals surface area contributed by atoms with E-state index in [1.54, 1.807) is 17.0 Å². The highest BCUT2D eigenvalue weighted by atomic mass is 16.4. The summed E-state index contributed by atoms with van der Waals surface area (Å²) in [6.45, 7) is 0.268. The van der Waals surface area contributed by atoms with Gasteiger partial charge in [-0.05, 0) is 30.5 Å². The lowest BCUT2D eigenvalue weighted by Gasteiger charge is -2.29. The van der Waals surface area contributed by atoms with Crippen molar-refractivity contribution in [3.8, 4) is 0 Å². The van der Waals surface area contributed by atoms with Gasteiger partial charge in [-0.2, -0.15) is 0 Å². The third kappa shape index (κ3) is 2.45. The minimum Gasteiger partial charge on any atom is -0.481 e. The second-order valence-electron chi connectivity index (χ2n) is 5.97. The van der Waals surface area contributed by atoms with Gasteiger partial charge in [-0.15, -0.1) is 0 Å². The molecule has 2 fully saturated rings. The summed E-state index contributed by atoms with van der Waals surface area (Å²) >= 11 is 0. The molecule has 0 aromatic heterocycles. The number of nitrogens with one attached hydrogen (secondary N) is 1. The fourth-order valence-corrected chi connectivity index (χ4v) is 3.42. The normalized spacial score (nSPS) is 20.8. The van der Waals surface area contributed by atoms with Crippen LogP contribution >= 0.6 is 0 Å². The number of nitrogens with zero attached hydrogens (tertiary/aromatic N) is 1. The zero-order valence-corrected chi connectivity index (χ0v) is 12.2. The van der Waals surface area contributed by atoms with Crippen LogP contribution in [0, 0.1) is 0 Å². The molecule has 6 nitrogen and oxygen atoms in total. The number of carbonyl (C=O) groups is 3. The van der Waals surface area contributed by atoms with Crippen molar-refractivity contribution in [2.75, 3.05) is 18.0 Å². The van der Waals surface area contributed by atoms with Crippen molar-refractivity contribution in [1.29, 1.82) is 0 Å². The van der Waals surface area contributed by atoms with Gasteiger partial charge in [0.1, 0.15) is 0 Å². The fraction of sp³-hybridized carbons (Fsp3) is 0.438. The molecule has 22 heavy (non-hydrogen) atoms. The van der Waals surface area contributed by atoms with Gasteiger partial charge in [-0.25, -0.2) is 0 Å². The number of hydrogen-bond acceptors (Lipinski definition) is 4. The van der Waals surface area contributed by atoms with Crippen LogP contribution < -0.4 is 10.2 Å². The van der Waals surface area contributed by atoms with Gasteiger partial charge in [0.15, 0.2) is 0 Å². The third-order valence-corrected chi connectivity index (χ3v) is 4.60. The second-order valence-corrected chi connectivity index (χ2v) is 5.97. The number of imide groups is 1. The predicted molar refractivity (Wildman–Crippen MR) is 79.6 cm³/mol. The maximum absolute atomic E-state index is 11.7. The van der Waals surface area contributed by atoms with E-state index in [2.05, 4.69) is 5.32 Å². The van der Waals surface area contributed by atoms with Crippen LogP contribution in [0.15, 0.2) is 24.3 Å². The van der Waals surface area contributed by atoms with Gasteiger partial charge in [0.25, 0.3) is 0 Å². The molecule has 1 aliphatic heterocycles. The summed E-state index contributed by atoms with van der Waals surface area (Å²) in [7, 11) is 0. The summed E-state index contributed by atoms with van der Waals surface area (Å²) < 4.78 is 0. The summed E-state index contributed by atoms with van der Waals surface area (Å²) in [6, 6.07) is 7.21. The number of carboxylic acid groups (broad SMARTS) is 1. The molecule has 1 saturated carbocycles. The highest BCUT2D eigenvalue weighted by molar-refractivity contribution is 6.02. The van der Waals surface area contributed by atoms with Crippen LogP contribution in [0.3, 0.4) is 0 Å². The molecule has 6 heteroatoms. The second kappa shape index (κ2) is 5.44. The summed E-state index contributed by atoms with van der Waals surface area (Å²) in [5, 5.41) is 11.9. The molecule has 1 heterocycles. The molecule has 1 saturated heterocycles. The first-order valence-electron chi connectivity index (χ1n) is 7.43. The monoisotopic (exact) mass is 302 g/mol. The molecule has 3 rings (SSSR count). The molecule has 1 aromatic carbocycles. The number of rotatable bonds is 3. The number of piperazine rings is 1. The number of aliphatic carboxylic acids is 1. The maximum Gasteiger partial charge on any atom is 0.314 e. The van der Waals surface area contributed by atoms with Gasteiger partial charge in [-0.1, -0.05) is 25.0 Å². The van der Waals surface area contributed by atoms with Gasteiger partial charge >= 0.3 is 5.97 Å². The average molecular weight is 302 g/mol. The van der Waals surface area contributed by atoms with Crippen molar-refractivity contribution >= 4 is 23.5 Å². The van der Waals surface area contributed by atoms with E-state index in [1.807, 2.05) is 12.1 Å². The van der Waals surface area contributed by atoms with Crippen LogP contribution in [0.5, 0.6) is 0 Å². The zero-order valence-electron chi connectivity index (χ0n) is 12.2. The molecule has 0 bridgehead atoms. The van der Waals surface area contributed by atoms with Crippen LogP contribution in [0.1, 0.15) is 31.2 Å². The van der Waals surface area contributed by atoms with Crippen molar-refractivity contribution in [1.82, 2.24) is 5.32 Å². The molecule has 2 aliphatic rings. The smallest absolute Gasteiger partial charge is 0.314 e. The van der Waals surface area contributed by atoms with Crippen molar-refractivity contribution < 1.29 is 19.5 Å². The number of carbonyl (C=O) groups excluding carboxylic acids is 2. The van der Waals surface area contributed by atoms with E-state index in [-0.39, 0.29) is 24.9 Å². The molecule has 0 atom stereocenters. The number of benzene rings is 1. The Morgan fingerprint density at radius 1 is 1.05 bits per heavy atom. The Balaban J connectivity index is 1.85. The fourth-order valence-electron chi connectivity index (χ4n) is 3.42. The van der Waals surface area contributed by atoms with E-state index in [1.165, 1.54) is 0 Å². The van der Waals surface area contributed by atoms with E-state index in [4.69, 9.17) is 0 Å². The predicted octanol–water partition coefficient (Wildman–Crippen LogP) is 1.05. The number of anilines is 1. The number of amides is 2. The van der Waals surface area contributed by atoms with Gasteiger partial charge < -0.3 is 10.0 Å². The molecule has 0 radical (unpaired) electrons. The molecular weight excluding hydrogens is 284 g/mol. The Hall–Kier alpha value is -2.37. The standard InChI is InChI=1S/C16H18N2O4/c19-13-9-18(10-14(20)17-13)12-5-3-11(4-6-12)16(15(21)22)7-1-2-8-16/h3-6H,1-2,7-10H2,(H,21,22)(H,17,19,20). The van der Waals surface area contributed by atoms with Crippen LogP contribution in [-0.4, -0.2) is 36.0 Å². The van der Waals surface area contributed by atoms with Crippen LogP contribution in [0.4, 0.5) is 5.69 Å². The summed E-state index contributed by atoms with van der Waals surface area (Å²) in [6.07, 6.45) is 3.17. The Labute approximate surface area is 128 Å². The molecule has 2 N–H and O–H groups in total. The lowest BCUT2D eigenvalue weighted by molar-refractivity contribution is -0.143. The SMILES string of the molecule is O=C1CN(c2ccc(C3(C(=O)O)CCCC3)cc2)CC(=O)N1. The number of hydrogen-bond donors (Lipinski definition) is 2. The lowest BCUT2D eigenvalue weighted by atomic mass is 9.79. The maximum atomic E-state index is 11.7. The van der Waals surface area contributed by atoms with Gasteiger partial charge in [-0.3, -0.25) is 19.7 Å². The van der Waals surface area contributed by atoms with Crippen molar-refractivity contribution in [3.63, 3.8) is 0 Å². The van der Waals surface area contributed by atoms with Gasteiger partial charge in [0.2, 0.25) is 11.8 Å². The van der Waals surface area contributed by atoms with E-state index in [9.17, 15) is 19.5 Å². The topological polar surface area (TPSA) is 86.7 Å². The minimum absolute atomic E-state index is 0.134. The van der Waals surface area contributed by atoms with Crippen LogP contribution in [0.2, 0.25) is 0 Å². The van der Waals surface area contributed by atoms with E-state index in [0.717, 1.165) is 24.1 Å². The first-order chi connectivity index (χ1) is 10.5. The van der Waals surface area contributed by atoms with E-state index >= 15 is 0 Å². The Kier molecular flexibility index (Phi) is 3.60. The molecular formula is C16H18N2O4. The average Bonchev–Trinajstić information content (AvgIpc) is 2.97. The highest BCUT2D eigenvalue weighted by Crippen LogP contribution is 2.41. The van der Waals surface area contributed by atoms with E-state index in [0.29, 0.717) is 12.8 Å². The zero-order chi connectivity index (χ0) is 15.7. The van der Waals surface area contributed by atoms with Crippen LogP contribution in [0.25, 0.3) is 0 Å². The van der Waals surface area contributed by atoms with Crippen molar-refractivity contribution in [2.24, 2.45) is 0 Å². The molecule has 0 unspecified atom stereocenters. The molecule has 2 amide bonds. The lowest BCUT2D eigenvalue weighted by Crippen LogP contribution is -2.51. The molecule has 1 aliphatic carbocycles. The third-order valence-electron chi connectivity index (χ3n) is 4.60. The first kappa shape index (κ1) is 14.6. The van der Waals surface area contributed by atoms with E-state index < -0.39 is 11.4 Å². The number of carboxylic acids is 1. The highest BCUT2D eigenvalue weighted by Gasteiger charge is 2.42. The molecule has 0 spiro atoms. The molecule has 1 aromatic rings. The van der Waals surface area contributed by atoms with Gasteiger partial charge in [0, 0.05) is 5.69 Å². The first-order valence-corrected chi connectivity index (χ1v) is 7.43. The van der Waals surface area contributed by atoms with Crippen LogP contribution in [-0.2, 0) is 19.8 Å². The largest absolute Gasteiger partial charge is 0.481 e. The Bertz CT molecular complexity index is 602. The summed E-state index contributed by atoms with van der Waals surface area (Å²) in [5.41, 5.74) is 0.771. The van der Waals surface area contributed by atoms with Crippen molar-refractivity contribution in [2.45, 2.75) is 31.1 Å². The Morgan fingerprint density at radius 3 is 2.09 bits per heavy atom. The minimum atomic E-state index is -0.784. The molecule has 116 valence electrons. The van der Waals surface area contributed by atoms with Gasteiger partial charge in [0.05, 0.1) is 18.5 Å². The summed E-state index contributed by atoms with van der Waals surface area (Å²) in [4.78, 5) is 36.2. The van der Waals surface area contributed by atoms with Crippen molar-refractivity contribution in [3.05, 3.63) is 29.8 Å².